The fraction of sp³-hybridized carbons (Fsp3) is 0.280. The molecule has 4 nitrogen and oxygen atoms in total. The minimum Gasteiger partial charge on any atom is -0.465 e. The second-order valence-corrected chi connectivity index (χ2v) is 8.26. The maximum absolute atomic E-state index is 11.5. The van der Waals surface area contributed by atoms with Gasteiger partial charge < -0.3 is 9.30 Å². The molecule has 0 saturated carbocycles. The second-order valence-electron chi connectivity index (χ2n) is 8.26. The van der Waals surface area contributed by atoms with E-state index in [2.05, 4.69) is 74.5 Å². The molecule has 0 aliphatic carbocycles. The highest BCUT2D eigenvalue weighted by atomic mass is 16.5. The number of esters is 1. The number of aromatic nitrogens is 1. The van der Waals surface area contributed by atoms with Gasteiger partial charge in [0, 0.05) is 28.9 Å². The normalized spacial score (nSPS) is 11.8. The molecule has 3 rings (SSSR count). The Morgan fingerprint density at radius 1 is 1.00 bits per heavy atom. The summed E-state index contributed by atoms with van der Waals surface area (Å²) >= 11 is 0. The summed E-state index contributed by atoms with van der Waals surface area (Å²) in [5, 5.41) is 0. The lowest BCUT2D eigenvalue weighted by atomic mass is 9.87. The Kier molecular flexibility index (Phi) is 5.73. The number of benzene rings is 2. The molecule has 3 aromatic rings. The third-order valence-corrected chi connectivity index (χ3v) is 5.10. The van der Waals surface area contributed by atoms with E-state index >= 15 is 0 Å². The number of nitrogens with zero attached hydrogens (tertiary/aromatic N) is 2. The summed E-state index contributed by atoms with van der Waals surface area (Å²) in [6.07, 6.45) is 1.87. The van der Waals surface area contributed by atoms with Gasteiger partial charge in [0.1, 0.15) is 0 Å². The van der Waals surface area contributed by atoms with E-state index in [9.17, 15) is 4.79 Å². The van der Waals surface area contributed by atoms with Crippen molar-refractivity contribution < 1.29 is 9.53 Å². The zero-order chi connectivity index (χ0) is 21.2. The molecule has 0 aliphatic heterocycles. The van der Waals surface area contributed by atoms with Gasteiger partial charge in [-0.05, 0) is 67.3 Å². The van der Waals surface area contributed by atoms with Gasteiger partial charge in [0.15, 0.2) is 0 Å². The van der Waals surface area contributed by atoms with Gasteiger partial charge in [0.2, 0.25) is 0 Å². The van der Waals surface area contributed by atoms with E-state index in [-0.39, 0.29) is 11.4 Å². The molecule has 4 heteroatoms. The lowest BCUT2D eigenvalue weighted by Gasteiger charge is -2.20. The van der Waals surface area contributed by atoms with Crippen LogP contribution in [0.3, 0.4) is 0 Å². The third kappa shape index (κ3) is 4.48. The molecular formula is C25H28N2O2. The summed E-state index contributed by atoms with van der Waals surface area (Å²) in [6, 6.07) is 18.0. The maximum Gasteiger partial charge on any atom is 0.337 e. The van der Waals surface area contributed by atoms with E-state index in [1.165, 1.54) is 12.7 Å². The van der Waals surface area contributed by atoms with E-state index in [0.29, 0.717) is 5.56 Å². The van der Waals surface area contributed by atoms with Crippen molar-refractivity contribution in [2.75, 3.05) is 7.11 Å². The summed E-state index contributed by atoms with van der Waals surface area (Å²) in [7, 11) is 1.38. The standard InChI is InChI=1S/C25H28N2O2/c1-17-15-20(16-26-22-11-7-19(8-12-22)24(28)29-6)18(2)27(17)23-13-9-21(10-14-23)25(3,4)5/h7-16H,1-6H3. The van der Waals surface area contributed by atoms with Crippen LogP contribution in [0.4, 0.5) is 5.69 Å². The molecule has 2 aromatic carbocycles. The van der Waals surface area contributed by atoms with Crippen molar-refractivity contribution in [3.05, 3.63) is 82.7 Å². The zero-order valence-electron chi connectivity index (χ0n) is 18.0. The number of ether oxygens (including phenoxy) is 1. The fourth-order valence-corrected chi connectivity index (χ4v) is 3.37. The second kappa shape index (κ2) is 8.08. The highest BCUT2D eigenvalue weighted by Gasteiger charge is 2.14. The number of aliphatic imine (C=N–C) groups is 1. The SMILES string of the molecule is COC(=O)c1ccc(N=Cc2cc(C)n(-c3ccc(C(C)(C)C)cc3)c2C)cc1. The van der Waals surface area contributed by atoms with Crippen molar-refractivity contribution >= 4 is 17.9 Å². The molecule has 29 heavy (non-hydrogen) atoms. The van der Waals surface area contributed by atoms with Crippen molar-refractivity contribution in [3.8, 4) is 5.69 Å². The van der Waals surface area contributed by atoms with E-state index in [4.69, 9.17) is 4.74 Å². The number of hydrogen-bond donors (Lipinski definition) is 0. The highest BCUT2D eigenvalue weighted by Crippen LogP contribution is 2.26. The predicted molar refractivity (Wildman–Crippen MR) is 119 cm³/mol. The van der Waals surface area contributed by atoms with Crippen LogP contribution in [0.1, 0.15) is 53.6 Å². The molecule has 0 spiro atoms. The maximum atomic E-state index is 11.5. The molecular weight excluding hydrogens is 360 g/mol. The zero-order valence-corrected chi connectivity index (χ0v) is 18.0. The first kappa shape index (κ1) is 20.6. The van der Waals surface area contributed by atoms with E-state index in [0.717, 1.165) is 28.3 Å². The van der Waals surface area contributed by atoms with Gasteiger partial charge in [-0.1, -0.05) is 32.9 Å². The Balaban J connectivity index is 1.86. The Morgan fingerprint density at radius 3 is 2.17 bits per heavy atom. The predicted octanol–water partition coefficient (Wildman–Crippen LogP) is 5.93. The van der Waals surface area contributed by atoms with Gasteiger partial charge in [-0.3, -0.25) is 4.99 Å². The van der Waals surface area contributed by atoms with Crippen molar-refractivity contribution in [2.45, 2.75) is 40.0 Å². The van der Waals surface area contributed by atoms with E-state index in [1.54, 1.807) is 12.1 Å². The van der Waals surface area contributed by atoms with Gasteiger partial charge in [-0.25, -0.2) is 4.79 Å². The smallest absolute Gasteiger partial charge is 0.337 e. The largest absolute Gasteiger partial charge is 0.465 e. The molecule has 0 fully saturated rings. The number of carbonyl (C=O) groups is 1. The molecule has 0 N–H and O–H groups in total. The summed E-state index contributed by atoms with van der Waals surface area (Å²) in [4.78, 5) is 16.1. The molecule has 1 heterocycles. The number of methoxy groups -OCH3 is 1. The molecule has 0 atom stereocenters. The minimum absolute atomic E-state index is 0.139. The lowest BCUT2D eigenvalue weighted by molar-refractivity contribution is 0.0601. The molecule has 1 aromatic heterocycles. The fourth-order valence-electron chi connectivity index (χ4n) is 3.37. The van der Waals surface area contributed by atoms with Crippen LogP contribution in [0, 0.1) is 13.8 Å². The van der Waals surface area contributed by atoms with Crippen LogP contribution in [-0.4, -0.2) is 23.9 Å². The van der Waals surface area contributed by atoms with Crippen LogP contribution in [-0.2, 0) is 10.2 Å². The monoisotopic (exact) mass is 388 g/mol. The lowest BCUT2D eigenvalue weighted by Crippen LogP contribution is -2.11. The van der Waals surface area contributed by atoms with Crippen molar-refractivity contribution in [1.82, 2.24) is 4.57 Å². The number of carbonyl (C=O) groups excluding carboxylic acids is 1. The molecule has 0 amide bonds. The summed E-state index contributed by atoms with van der Waals surface area (Å²) in [5.41, 5.74) is 7.28. The Labute approximate surface area is 172 Å². The molecule has 0 unspecified atom stereocenters. The van der Waals surface area contributed by atoms with Gasteiger partial charge >= 0.3 is 5.97 Å². The summed E-state index contributed by atoms with van der Waals surface area (Å²) < 4.78 is 6.97. The van der Waals surface area contributed by atoms with Gasteiger partial charge in [0.25, 0.3) is 0 Å². The quantitative estimate of drug-likeness (QED) is 0.411. The minimum atomic E-state index is -0.346. The van der Waals surface area contributed by atoms with Crippen LogP contribution in [0.25, 0.3) is 5.69 Å². The van der Waals surface area contributed by atoms with Gasteiger partial charge in [-0.2, -0.15) is 0 Å². The van der Waals surface area contributed by atoms with Gasteiger partial charge in [-0.15, -0.1) is 0 Å². The van der Waals surface area contributed by atoms with Crippen LogP contribution < -0.4 is 0 Å². The molecule has 0 aliphatic rings. The average Bonchev–Trinajstić information content (AvgIpc) is 2.99. The number of hydrogen-bond acceptors (Lipinski definition) is 3. The Hall–Kier alpha value is -3.14. The first-order valence-electron chi connectivity index (χ1n) is 9.73. The van der Waals surface area contributed by atoms with E-state index in [1.807, 2.05) is 18.3 Å². The van der Waals surface area contributed by atoms with E-state index < -0.39 is 0 Å². The average molecular weight is 389 g/mol. The van der Waals surface area contributed by atoms with Crippen molar-refractivity contribution in [1.29, 1.82) is 0 Å². The van der Waals surface area contributed by atoms with Crippen LogP contribution in [0.2, 0.25) is 0 Å². The molecule has 0 bridgehead atoms. The Bertz CT molecular complexity index is 1030. The topological polar surface area (TPSA) is 43.6 Å². The number of aryl methyl sites for hydroxylation is 1. The van der Waals surface area contributed by atoms with Crippen molar-refractivity contribution in [2.24, 2.45) is 4.99 Å². The molecule has 0 saturated heterocycles. The van der Waals surface area contributed by atoms with Gasteiger partial charge in [0.05, 0.1) is 18.4 Å². The number of rotatable bonds is 4. The van der Waals surface area contributed by atoms with Crippen LogP contribution in [0.15, 0.2) is 59.6 Å². The molecule has 150 valence electrons. The van der Waals surface area contributed by atoms with Crippen LogP contribution in [0.5, 0.6) is 0 Å². The third-order valence-electron chi connectivity index (χ3n) is 5.10. The molecule has 0 radical (unpaired) electrons. The highest BCUT2D eigenvalue weighted by molar-refractivity contribution is 5.90. The summed E-state index contributed by atoms with van der Waals surface area (Å²) in [6.45, 7) is 10.9. The summed E-state index contributed by atoms with van der Waals surface area (Å²) in [5.74, 6) is -0.346. The van der Waals surface area contributed by atoms with Crippen LogP contribution >= 0.6 is 0 Å². The Morgan fingerprint density at radius 2 is 1.62 bits per heavy atom. The first-order valence-corrected chi connectivity index (χ1v) is 9.73. The van der Waals surface area contributed by atoms with Crippen molar-refractivity contribution in [3.63, 3.8) is 0 Å². The first-order chi connectivity index (χ1) is 13.7.